The van der Waals surface area contributed by atoms with E-state index < -0.39 is 23.6 Å². The third kappa shape index (κ3) is 7.31. The van der Waals surface area contributed by atoms with Gasteiger partial charge in [-0.2, -0.15) is 0 Å². The van der Waals surface area contributed by atoms with Gasteiger partial charge in [0.05, 0.1) is 11.5 Å². The van der Waals surface area contributed by atoms with Crippen molar-refractivity contribution in [2.24, 2.45) is 11.8 Å². The molecule has 0 aromatic heterocycles. The minimum absolute atomic E-state index is 0.0879. The highest BCUT2D eigenvalue weighted by Gasteiger charge is 2.47. The molecule has 1 aliphatic carbocycles. The topological polar surface area (TPSA) is 93.2 Å². The zero-order valence-corrected chi connectivity index (χ0v) is 28.5. The standard InChI is InChI=1S/C41H50N4O4/c46-35-24-37(40(49)44-23-11-19-36(44)39(48)42-26-31-12-10-22-43(28-31)27-30-20-21-30)45(29-35)38(47)25-41(32-13-4-1-5-14-32,33-15-6-2-7-16-33)34-17-8-3-9-18-34/h1-9,13-18,30-31,35-37,46H,10-12,19-29H2,(H,42,48). The molecule has 3 amide bonds. The Hall–Kier alpha value is -4.01. The lowest BCUT2D eigenvalue weighted by Crippen LogP contribution is -2.54. The first-order valence-electron chi connectivity index (χ1n) is 18.4. The summed E-state index contributed by atoms with van der Waals surface area (Å²) in [7, 11) is 0. The monoisotopic (exact) mass is 662 g/mol. The van der Waals surface area contributed by atoms with Crippen molar-refractivity contribution in [2.75, 3.05) is 39.3 Å². The second-order valence-corrected chi connectivity index (χ2v) is 14.8. The molecule has 0 bridgehead atoms. The predicted octanol–water partition coefficient (Wildman–Crippen LogP) is 4.60. The highest BCUT2D eigenvalue weighted by atomic mass is 16.3. The average Bonchev–Trinajstić information content (AvgIpc) is 3.65. The highest BCUT2D eigenvalue weighted by Crippen LogP contribution is 2.43. The molecule has 0 radical (unpaired) electrons. The lowest BCUT2D eigenvalue weighted by atomic mass is 9.67. The van der Waals surface area contributed by atoms with Crippen molar-refractivity contribution < 1.29 is 19.5 Å². The molecule has 3 aromatic carbocycles. The highest BCUT2D eigenvalue weighted by molar-refractivity contribution is 5.93. The number of piperidine rings is 1. The van der Waals surface area contributed by atoms with E-state index in [0.29, 0.717) is 25.4 Å². The first-order valence-corrected chi connectivity index (χ1v) is 18.4. The average molecular weight is 663 g/mol. The maximum Gasteiger partial charge on any atom is 0.246 e. The van der Waals surface area contributed by atoms with Crippen molar-refractivity contribution in [3.05, 3.63) is 108 Å². The van der Waals surface area contributed by atoms with Crippen LogP contribution in [0.3, 0.4) is 0 Å². The Bertz CT molecular complexity index is 1480. The van der Waals surface area contributed by atoms with Crippen LogP contribution in [-0.2, 0) is 19.8 Å². The van der Waals surface area contributed by atoms with Crippen molar-refractivity contribution >= 4 is 17.7 Å². The fourth-order valence-electron chi connectivity index (χ4n) is 8.63. The Kier molecular flexibility index (Phi) is 10.1. The number of amides is 3. The molecule has 4 fully saturated rings. The molecule has 3 aromatic rings. The third-order valence-corrected chi connectivity index (χ3v) is 11.3. The number of aliphatic hydroxyl groups is 1. The van der Waals surface area contributed by atoms with Gasteiger partial charge in [0.2, 0.25) is 17.7 Å². The van der Waals surface area contributed by atoms with E-state index in [-0.39, 0.29) is 37.1 Å². The van der Waals surface area contributed by atoms with Crippen LogP contribution in [0, 0.1) is 11.8 Å². The maximum absolute atomic E-state index is 14.6. The molecule has 3 heterocycles. The number of carbonyl (C=O) groups is 3. The number of nitrogens with one attached hydrogen (secondary N) is 1. The van der Waals surface area contributed by atoms with E-state index in [0.717, 1.165) is 55.0 Å². The molecule has 0 spiro atoms. The van der Waals surface area contributed by atoms with E-state index in [4.69, 9.17) is 0 Å². The zero-order chi connectivity index (χ0) is 33.8. The van der Waals surface area contributed by atoms with Crippen molar-refractivity contribution in [1.29, 1.82) is 0 Å². The van der Waals surface area contributed by atoms with Crippen molar-refractivity contribution in [3.8, 4) is 0 Å². The summed E-state index contributed by atoms with van der Waals surface area (Å²) in [6.07, 6.45) is 5.77. The van der Waals surface area contributed by atoms with Crippen molar-refractivity contribution in [1.82, 2.24) is 20.0 Å². The van der Waals surface area contributed by atoms with Crippen LogP contribution in [0.4, 0.5) is 0 Å². The van der Waals surface area contributed by atoms with Gasteiger partial charge in [-0.3, -0.25) is 14.4 Å². The molecule has 2 N–H and O–H groups in total. The largest absolute Gasteiger partial charge is 0.391 e. The smallest absolute Gasteiger partial charge is 0.246 e. The van der Waals surface area contributed by atoms with Gasteiger partial charge in [0, 0.05) is 45.6 Å². The number of likely N-dealkylation sites (tertiary alicyclic amines) is 3. The third-order valence-electron chi connectivity index (χ3n) is 11.3. The molecule has 8 heteroatoms. The predicted molar refractivity (Wildman–Crippen MR) is 190 cm³/mol. The first-order chi connectivity index (χ1) is 23.9. The number of benzene rings is 3. The fraction of sp³-hybridized carbons (Fsp3) is 0.488. The van der Waals surface area contributed by atoms with Crippen LogP contribution in [0.1, 0.15) is 68.1 Å². The van der Waals surface area contributed by atoms with Gasteiger partial charge < -0.3 is 25.1 Å². The summed E-state index contributed by atoms with van der Waals surface area (Å²) in [6, 6.07) is 28.8. The quantitative estimate of drug-likeness (QED) is 0.293. The van der Waals surface area contributed by atoms with Crippen molar-refractivity contribution in [3.63, 3.8) is 0 Å². The Labute approximate surface area is 290 Å². The van der Waals surface area contributed by atoms with Crippen molar-refractivity contribution in [2.45, 2.75) is 75.0 Å². The summed E-state index contributed by atoms with van der Waals surface area (Å²) >= 11 is 0. The van der Waals surface area contributed by atoms with Crippen LogP contribution in [-0.4, -0.2) is 95.0 Å². The molecule has 3 saturated heterocycles. The summed E-state index contributed by atoms with van der Waals surface area (Å²) < 4.78 is 0. The van der Waals surface area contributed by atoms with Crippen LogP contribution in [0.25, 0.3) is 0 Å². The van der Waals surface area contributed by atoms with Crippen LogP contribution in [0.15, 0.2) is 91.0 Å². The number of β-amino-alcohol motifs (C(OH)–C–C–N with tert-alkyl or cyclic N) is 1. The normalized spacial score (nSPS) is 24.6. The van der Waals surface area contributed by atoms with Crippen LogP contribution < -0.4 is 5.32 Å². The minimum Gasteiger partial charge on any atom is -0.391 e. The number of nitrogens with zero attached hydrogens (tertiary/aromatic N) is 3. The van der Waals surface area contributed by atoms with Gasteiger partial charge in [-0.15, -0.1) is 0 Å². The van der Waals surface area contributed by atoms with E-state index in [1.165, 1.54) is 19.4 Å². The number of carbonyl (C=O) groups excluding carboxylic acids is 3. The summed E-state index contributed by atoms with van der Waals surface area (Å²) in [5.74, 6) is 0.760. The molecule has 4 atom stereocenters. The number of hydrogen-bond acceptors (Lipinski definition) is 5. The van der Waals surface area contributed by atoms with Crippen LogP contribution >= 0.6 is 0 Å². The summed E-state index contributed by atoms with van der Waals surface area (Å²) in [6.45, 7) is 4.56. The Morgan fingerprint density at radius 2 is 1.29 bits per heavy atom. The lowest BCUT2D eigenvalue weighted by Gasteiger charge is -2.38. The van der Waals surface area contributed by atoms with Crippen LogP contribution in [0.5, 0.6) is 0 Å². The Morgan fingerprint density at radius 3 is 1.88 bits per heavy atom. The fourth-order valence-corrected chi connectivity index (χ4v) is 8.63. The van der Waals surface area contributed by atoms with E-state index in [1.807, 2.05) is 54.6 Å². The molecular weight excluding hydrogens is 612 g/mol. The lowest BCUT2D eigenvalue weighted by molar-refractivity contribution is -0.146. The van der Waals surface area contributed by atoms with Gasteiger partial charge in [0.15, 0.2) is 0 Å². The van der Waals surface area contributed by atoms with E-state index in [1.54, 1.807) is 9.80 Å². The van der Waals surface area contributed by atoms with Gasteiger partial charge in [0.1, 0.15) is 12.1 Å². The number of rotatable bonds is 11. The summed E-state index contributed by atoms with van der Waals surface area (Å²) in [5.41, 5.74) is 2.13. The molecule has 4 aliphatic rings. The van der Waals surface area contributed by atoms with Gasteiger partial charge in [-0.05, 0) is 73.6 Å². The SMILES string of the molecule is O=C(NCC1CCCN(CC2CC2)C1)C1CCCN1C(=O)C1CC(O)CN1C(=O)CC(c1ccccc1)(c1ccccc1)c1ccccc1. The van der Waals surface area contributed by atoms with Gasteiger partial charge in [-0.1, -0.05) is 91.0 Å². The Balaban J connectivity index is 1.08. The van der Waals surface area contributed by atoms with E-state index in [9.17, 15) is 19.5 Å². The summed E-state index contributed by atoms with van der Waals surface area (Å²) in [4.78, 5) is 48.3. The van der Waals surface area contributed by atoms with Gasteiger partial charge in [0.25, 0.3) is 0 Å². The molecule has 8 nitrogen and oxygen atoms in total. The van der Waals surface area contributed by atoms with Gasteiger partial charge >= 0.3 is 0 Å². The zero-order valence-electron chi connectivity index (χ0n) is 28.5. The van der Waals surface area contributed by atoms with Gasteiger partial charge in [-0.25, -0.2) is 0 Å². The molecular formula is C41H50N4O4. The molecule has 258 valence electrons. The molecule has 1 saturated carbocycles. The molecule has 3 aliphatic heterocycles. The number of hydrogen-bond donors (Lipinski definition) is 2. The second-order valence-electron chi connectivity index (χ2n) is 14.8. The van der Waals surface area contributed by atoms with E-state index in [2.05, 4.69) is 46.6 Å². The maximum atomic E-state index is 14.6. The second kappa shape index (κ2) is 14.9. The number of aliphatic hydroxyl groups excluding tert-OH is 1. The summed E-state index contributed by atoms with van der Waals surface area (Å²) in [5, 5.41) is 14.1. The van der Waals surface area contributed by atoms with Crippen LogP contribution in [0.2, 0.25) is 0 Å². The Morgan fingerprint density at radius 1 is 0.694 bits per heavy atom. The first kappa shape index (κ1) is 33.5. The minimum atomic E-state index is -0.815. The molecule has 4 unspecified atom stereocenters. The molecule has 7 rings (SSSR count). The molecule has 49 heavy (non-hydrogen) atoms. The van der Waals surface area contributed by atoms with E-state index >= 15 is 0 Å².